The van der Waals surface area contributed by atoms with E-state index in [1.54, 1.807) is 6.07 Å². The van der Waals surface area contributed by atoms with E-state index in [9.17, 15) is 4.79 Å². The number of carbonyl (C=O) groups is 1. The lowest BCUT2D eigenvalue weighted by Gasteiger charge is -2.15. The summed E-state index contributed by atoms with van der Waals surface area (Å²) >= 11 is 0. The Morgan fingerprint density at radius 2 is 2.26 bits per heavy atom. The molecule has 0 aliphatic carbocycles. The fourth-order valence-corrected chi connectivity index (χ4v) is 2.32. The van der Waals surface area contributed by atoms with Crippen LogP contribution in [0.15, 0.2) is 18.2 Å². The first-order valence-electron chi connectivity index (χ1n) is 6.68. The molecule has 0 bridgehead atoms. The van der Waals surface area contributed by atoms with Crippen LogP contribution in [0, 0.1) is 6.92 Å². The Hall–Kier alpha value is -1.55. The summed E-state index contributed by atoms with van der Waals surface area (Å²) < 4.78 is 10.5. The predicted octanol–water partition coefficient (Wildman–Crippen LogP) is 2.76. The van der Waals surface area contributed by atoms with Crippen molar-refractivity contribution in [1.82, 2.24) is 0 Å². The summed E-state index contributed by atoms with van der Waals surface area (Å²) in [6.45, 7) is 4.89. The smallest absolute Gasteiger partial charge is 0.337 e. The second-order valence-electron chi connectivity index (χ2n) is 5.05. The maximum absolute atomic E-state index is 11.5. The molecule has 1 aromatic rings. The van der Waals surface area contributed by atoms with Crippen LogP contribution >= 0.6 is 0 Å². The molecule has 104 valence electrons. The molecule has 1 aliphatic rings. The zero-order chi connectivity index (χ0) is 13.8. The van der Waals surface area contributed by atoms with Crippen molar-refractivity contribution in [2.75, 3.05) is 19.0 Å². The van der Waals surface area contributed by atoms with E-state index in [0.717, 1.165) is 30.6 Å². The van der Waals surface area contributed by atoms with Crippen molar-refractivity contribution in [3.05, 3.63) is 29.3 Å². The summed E-state index contributed by atoms with van der Waals surface area (Å²) in [6.07, 6.45) is 2.82. The lowest BCUT2D eigenvalue weighted by molar-refractivity contribution is 0.0600. The van der Waals surface area contributed by atoms with Gasteiger partial charge in [-0.2, -0.15) is 0 Å². The minimum absolute atomic E-state index is 0.260. The molecule has 1 aliphatic heterocycles. The lowest BCUT2D eigenvalue weighted by atomic mass is 10.1. The van der Waals surface area contributed by atoms with Crippen molar-refractivity contribution in [2.24, 2.45) is 0 Å². The molecule has 1 N–H and O–H groups in total. The van der Waals surface area contributed by atoms with Gasteiger partial charge in [-0.3, -0.25) is 0 Å². The third kappa shape index (κ3) is 3.47. The molecule has 1 aromatic carbocycles. The van der Waals surface area contributed by atoms with Crippen LogP contribution in [-0.2, 0) is 9.47 Å². The molecule has 2 unspecified atom stereocenters. The molecule has 2 atom stereocenters. The second kappa shape index (κ2) is 6.06. The number of nitrogens with one attached hydrogen (secondary N) is 1. The highest BCUT2D eigenvalue weighted by molar-refractivity contribution is 5.90. The Kier molecular flexibility index (Phi) is 4.43. The van der Waals surface area contributed by atoms with Crippen LogP contribution in [0.2, 0.25) is 0 Å². The summed E-state index contributed by atoms with van der Waals surface area (Å²) in [5.41, 5.74) is 2.64. The van der Waals surface area contributed by atoms with Crippen molar-refractivity contribution in [2.45, 2.75) is 38.9 Å². The molecule has 0 aromatic heterocycles. The standard InChI is InChI=1S/C15H21NO3/c1-10-4-6-12(15(17)18-3)8-14(10)16-9-13-7-5-11(2)19-13/h4,6,8,11,13,16H,5,7,9H2,1-3H3. The van der Waals surface area contributed by atoms with Gasteiger partial charge in [-0.05, 0) is 44.4 Å². The molecule has 1 heterocycles. The summed E-state index contributed by atoms with van der Waals surface area (Å²) in [5.74, 6) is -0.311. The normalized spacial score (nSPS) is 22.3. The summed E-state index contributed by atoms with van der Waals surface area (Å²) in [5, 5.41) is 3.36. The molecule has 2 rings (SSSR count). The van der Waals surface area contributed by atoms with E-state index in [1.807, 2.05) is 19.1 Å². The lowest BCUT2D eigenvalue weighted by Crippen LogP contribution is -2.20. The molecule has 1 saturated heterocycles. The van der Waals surface area contributed by atoms with E-state index < -0.39 is 0 Å². The van der Waals surface area contributed by atoms with Crippen LogP contribution in [0.5, 0.6) is 0 Å². The fraction of sp³-hybridized carbons (Fsp3) is 0.533. The zero-order valence-corrected chi connectivity index (χ0v) is 11.7. The SMILES string of the molecule is COC(=O)c1ccc(C)c(NCC2CCC(C)O2)c1. The van der Waals surface area contributed by atoms with Gasteiger partial charge in [0, 0.05) is 12.2 Å². The largest absolute Gasteiger partial charge is 0.465 e. The highest BCUT2D eigenvalue weighted by atomic mass is 16.5. The van der Waals surface area contributed by atoms with Crippen LogP contribution in [0.1, 0.15) is 35.7 Å². The number of esters is 1. The topological polar surface area (TPSA) is 47.6 Å². The summed E-state index contributed by atoms with van der Waals surface area (Å²) in [4.78, 5) is 11.5. The van der Waals surface area contributed by atoms with Crippen LogP contribution in [0.25, 0.3) is 0 Å². The number of aryl methyl sites for hydroxylation is 1. The Labute approximate surface area is 114 Å². The minimum Gasteiger partial charge on any atom is -0.465 e. The highest BCUT2D eigenvalue weighted by Gasteiger charge is 2.21. The van der Waals surface area contributed by atoms with Crippen molar-refractivity contribution >= 4 is 11.7 Å². The van der Waals surface area contributed by atoms with E-state index in [-0.39, 0.29) is 12.1 Å². The Morgan fingerprint density at radius 3 is 2.89 bits per heavy atom. The Balaban J connectivity index is 2.00. The van der Waals surface area contributed by atoms with Gasteiger partial charge in [0.05, 0.1) is 24.9 Å². The fourth-order valence-electron chi connectivity index (χ4n) is 2.32. The van der Waals surface area contributed by atoms with E-state index in [2.05, 4.69) is 12.2 Å². The first kappa shape index (κ1) is 13.9. The first-order chi connectivity index (χ1) is 9.10. The average molecular weight is 263 g/mol. The highest BCUT2D eigenvalue weighted by Crippen LogP contribution is 2.22. The molecule has 1 fully saturated rings. The van der Waals surface area contributed by atoms with E-state index in [0.29, 0.717) is 11.7 Å². The quantitative estimate of drug-likeness (QED) is 0.849. The summed E-state index contributed by atoms with van der Waals surface area (Å²) in [7, 11) is 1.39. The Morgan fingerprint density at radius 1 is 1.47 bits per heavy atom. The number of carbonyl (C=O) groups excluding carboxylic acids is 1. The molecule has 19 heavy (non-hydrogen) atoms. The molecular weight excluding hydrogens is 242 g/mol. The molecule has 0 spiro atoms. The Bertz CT molecular complexity index is 459. The van der Waals surface area contributed by atoms with Crippen molar-refractivity contribution in [3.63, 3.8) is 0 Å². The number of hydrogen-bond donors (Lipinski definition) is 1. The molecule has 4 nitrogen and oxygen atoms in total. The van der Waals surface area contributed by atoms with Crippen LogP contribution in [0.3, 0.4) is 0 Å². The van der Waals surface area contributed by atoms with Crippen LogP contribution in [-0.4, -0.2) is 31.8 Å². The molecular formula is C15H21NO3. The van der Waals surface area contributed by atoms with E-state index in [1.165, 1.54) is 7.11 Å². The second-order valence-corrected chi connectivity index (χ2v) is 5.05. The van der Waals surface area contributed by atoms with Gasteiger partial charge in [0.15, 0.2) is 0 Å². The van der Waals surface area contributed by atoms with Gasteiger partial charge in [-0.15, -0.1) is 0 Å². The van der Waals surface area contributed by atoms with Gasteiger partial charge in [0.1, 0.15) is 0 Å². The number of ether oxygens (including phenoxy) is 2. The number of benzene rings is 1. The van der Waals surface area contributed by atoms with Crippen molar-refractivity contribution < 1.29 is 14.3 Å². The first-order valence-corrected chi connectivity index (χ1v) is 6.68. The van der Waals surface area contributed by atoms with Gasteiger partial charge >= 0.3 is 5.97 Å². The van der Waals surface area contributed by atoms with Gasteiger partial charge in [0.25, 0.3) is 0 Å². The third-order valence-corrected chi connectivity index (χ3v) is 3.50. The number of methoxy groups -OCH3 is 1. The minimum atomic E-state index is -0.311. The number of hydrogen-bond acceptors (Lipinski definition) is 4. The van der Waals surface area contributed by atoms with Crippen LogP contribution < -0.4 is 5.32 Å². The van der Waals surface area contributed by atoms with Gasteiger partial charge in [0.2, 0.25) is 0 Å². The summed E-state index contributed by atoms with van der Waals surface area (Å²) in [6, 6.07) is 5.53. The average Bonchev–Trinajstić information content (AvgIpc) is 2.82. The molecule has 0 saturated carbocycles. The zero-order valence-electron chi connectivity index (χ0n) is 11.7. The van der Waals surface area contributed by atoms with E-state index >= 15 is 0 Å². The molecule has 0 amide bonds. The van der Waals surface area contributed by atoms with Gasteiger partial charge < -0.3 is 14.8 Å². The van der Waals surface area contributed by atoms with Gasteiger partial charge in [-0.25, -0.2) is 4.79 Å². The van der Waals surface area contributed by atoms with Crippen molar-refractivity contribution in [1.29, 1.82) is 0 Å². The monoisotopic (exact) mass is 263 g/mol. The predicted molar refractivity (Wildman–Crippen MR) is 74.6 cm³/mol. The maximum atomic E-state index is 11.5. The van der Waals surface area contributed by atoms with Crippen molar-refractivity contribution in [3.8, 4) is 0 Å². The van der Waals surface area contributed by atoms with E-state index in [4.69, 9.17) is 9.47 Å². The number of rotatable bonds is 4. The van der Waals surface area contributed by atoms with Gasteiger partial charge in [-0.1, -0.05) is 6.07 Å². The molecule has 4 heteroatoms. The maximum Gasteiger partial charge on any atom is 0.337 e. The third-order valence-electron chi connectivity index (χ3n) is 3.50. The number of anilines is 1. The molecule has 0 radical (unpaired) electrons. The van der Waals surface area contributed by atoms with Crippen LogP contribution in [0.4, 0.5) is 5.69 Å².